The molecular weight excluding hydrogens is 264 g/mol. The lowest BCUT2D eigenvalue weighted by Crippen LogP contribution is -2.06. The standard InChI is InChI=1S/C17H16N2O2/c1-12-7-8-13(2)17(9-12)21-11-14-5-3-4-6-15(14)16(10-18)19-20/h3-9,20H,11H2,1-2H3/b19-16+. The lowest BCUT2D eigenvalue weighted by molar-refractivity contribution is 0.303. The fourth-order valence-corrected chi connectivity index (χ4v) is 2.03. The van der Waals surface area contributed by atoms with Crippen molar-refractivity contribution in [2.75, 3.05) is 0 Å². The average Bonchev–Trinajstić information content (AvgIpc) is 2.50. The Labute approximate surface area is 123 Å². The predicted molar refractivity (Wildman–Crippen MR) is 80.6 cm³/mol. The molecule has 2 aromatic carbocycles. The van der Waals surface area contributed by atoms with Gasteiger partial charge in [0.05, 0.1) is 0 Å². The van der Waals surface area contributed by atoms with Crippen molar-refractivity contribution < 1.29 is 9.94 Å². The SMILES string of the molecule is Cc1ccc(C)c(OCc2ccccc2/C(C#N)=N/O)c1. The van der Waals surface area contributed by atoms with Crippen LogP contribution >= 0.6 is 0 Å². The van der Waals surface area contributed by atoms with Crippen molar-refractivity contribution in [2.45, 2.75) is 20.5 Å². The van der Waals surface area contributed by atoms with Gasteiger partial charge in [-0.25, -0.2) is 0 Å². The second-order valence-corrected chi connectivity index (χ2v) is 4.78. The molecule has 0 unspecified atom stereocenters. The molecule has 4 heteroatoms. The zero-order valence-corrected chi connectivity index (χ0v) is 12.0. The molecule has 2 rings (SSSR count). The molecule has 0 amide bonds. The van der Waals surface area contributed by atoms with E-state index in [9.17, 15) is 0 Å². The van der Waals surface area contributed by atoms with Crippen molar-refractivity contribution in [1.82, 2.24) is 0 Å². The van der Waals surface area contributed by atoms with Gasteiger partial charge < -0.3 is 9.94 Å². The van der Waals surface area contributed by atoms with Gasteiger partial charge in [-0.2, -0.15) is 5.26 Å². The van der Waals surface area contributed by atoms with Gasteiger partial charge in [0.25, 0.3) is 0 Å². The van der Waals surface area contributed by atoms with Gasteiger partial charge in [0.15, 0.2) is 5.71 Å². The summed E-state index contributed by atoms with van der Waals surface area (Å²) in [5.74, 6) is 0.809. The fraction of sp³-hybridized carbons (Fsp3) is 0.176. The summed E-state index contributed by atoms with van der Waals surface area (Å²) >= 11 is 0. The number of benzene rings is 2. The fourth-order valence-electron chi connectivity index (χ4n) is 2.03. The minimum absolute atomic E-state index is 0.0184. The van der Waals surface area contributed by atoms with Gasteiger partial charge in [-0.3, -0.25) is 0 Å². The zero-order valence-electron chi connectivity index (χ0n) is 12.0. The van der Waals surface area contributed by atoms with Crippen LogP contribution in [0.3, 0.4) is 0 Å². The van der Waals surface area contributed by atoms with Gasteiger partial charge in [0.1, 0.15) is 18.4 Å². The normalized spacial score (nSPS) is 11.0. The molecule has 0 aromatic heterocycles. The molecule has 0 saturated carbocycles. The van der Waals surface area contributed by atoms with Crippen LogP contribution in [0.4, 0.5) is 0 Å². The summed E-state index contributed by atoms with van der Waals surface area (Å²) in [6, 6.07) is 15.1. The first kappa shape index (κ1) is 14.6. The van der Waals surface area contributed by atoms with E-state index in [1.807, 2.05) is 50.2 Å². The van der Waals surface area contributed by atoms with Crippen molar-refractivity contribution in [1.29, 1.82) is 5.26 Å². The molecule has 0 bridgehead atoms. The quantitative estimate of drug-likeness (QED) is 0.529. The van der Waals surface area contributed by atoms with Crippen LogP contribution in [0.25, 0.3) is 0 Å². The van der Waals surface area contributed by atoms with Gasteiger partial charge in [-0.15, -0.1) is 0 Å². The van der Waals surface area contributed by atoms with E-state index in [2.05, 4.69) is 5.16 Å². The first-order valence-corrected chi connectivity index (χ1v) is 6.56. The Balaban J connectivity index is 2.25. The molecule has 0 fully saturated rings. The maximum atomic E-state index is 8.99. The monoisotopic (exact) mass is 280 g/mol. The maximum Gasteiger partial charge on any atom is 0.187 e. The molecule has 0 saturated heterocycles. The Morgan fingerprint density at radius 3 is 2.71 bits per heavy atom. The Morgan fingerprint density at radius 2 is 2.00 bits per heavy atom. The maximum absolute atomic E-state index is 8.99. The highest BCUT2D eigenvalue weighted by atomic mass is 16.5. The molecule has 0 aliphatic rings. The number of aryl methyl sites for hydroxylation is 2. The van der Waals surface area contributed by atoms with Crippen molar-refractivity contribution in [3.05, 3.63) is 64.7 Å². The van der Waals surface area contributed by atoms with Crippen molar-refractivity contribution in [3.8, 4) is 11.8 Å². The number of hydrogen-bond acceptors (Lipinski definition) is 4. The van der Waals surface area contributed by atoms with E-state index >= 15 is 0 Å². The number of nitrogens with zero attached hydrogens (tertiary/aromatic N) is 2. The second kappa shape index (κ2) is 6.58. The van der Waals surface area contributed by atoms with E-state index in [1.54, 1.807) is 12.1 Å². The van der Waals surface area contributed by atoms with Gasteiger partial charge in [-0.1, -0.05) is 41.6 Å². The largest absolute Gasteiger partial charge is 0.489 e. The van der Waals surface area contributed by atoms with E-state index in [0.717, 1.165) is 22.4 Å². The highest BCUT2D eigenvalue weighted by Crippen LogP contribution is 2.21. The van der Waals surface area contributed by atoms with Crippen LogP contribution in [-0.4, -0.2) is 10.9 Å². The Bertz CT molecular complexity index is 715. The van der Waals surface area contributed by atoms with Crippen LogP contribution in [0.2, 0.25) is 0 Å². The van der Waals surface area contributed by atoms with Crippen LogP contribution < -0.4 is 4.74 Å². The lowest BCUT2D eigenvalue weighted by atomic mass is 10.0. The second-order valence-electron chi connectivity index (χ2n) is 4.78. The highest BCUT2D eigenvalue weighted by Gasteiger charge is 2.10. The third-order valence-corrected chi connectivity index (χ3v) is 3.21. The highest BCUT2D eigenvalue weighted by molar-refractivity contribution is 6.12. The molecule has 1 N–H and O–H groups in total. The molecule has 0 radical (unpaired) electrons. The number of nitriles is 1. The molecule has 0 aliphatic carbocycles. The first-order valence-electron chi connectivity index (χ1n) is 6.56. The predicted octanol–water partition coefficient (Wildman–Crippen LogP) is 3.58. The van der Waals surface area contributed by atoms with Gasteiger partial charge >= 0.3 is 0 Å². The summed E-state index contributed by atoms with van der Waals surface area (Å²) in [5.41, 5.74) is 3.53. The van der Waals surface area contributed by atoms with Gasteiger partial charge in [-0.05, 0) is 36.6 Å². The van der Waals surface area contributed by atoms with Gasteiger partial charge in [0, 0.05) is 5.56 Å². The van der Waals surface area contributed by atoms with Crippen LogP contribution in [0.15, 0.2) is 47.6 Å². The molecule has 21 heavy (non-hydrogen) atoms. The minimum Gasteiger partial charge on any atom is -0.489 e. The molecule has 0 heterocycles. The van der Waals surface area contributed by atoms with E-state index in [1.165, 1.54) is 0 Å². The summed E-state index contributed by atoms with van der Waals surface area (Å²) in [6.45, 7) is 4.30. The Hall–Kier alpha value is -2.80. The van der Waals surface area contributed by atoms with Crippen LogP contribution in [-0.2, 0) is 6.61 Å². The summed E-state index contributed by atoms with van der Waals surface area (Å²) in [5, 5.41) is 20.9. The third-order valence-electron chi connectivity index (χ3n) is 3.21. The van der Waals surface area contributed by atoms with E-state index in [4.69, 9.17) is 15.2 Å². The number of oxime groups is 1. The van der Waals surface area contributed by atoms with Crippen molar-refractivity contribution in [2.24, 2.45) is 5.16 Å². The van der Waals surface area contributed by atoms with E-state index < -0.39 is 0 Å². The molecule has 0 atom stereocenters. The molecule has 106 valence electrons. The van der Waals surface area contributed by atoms with E-state index in [-0.39, 0.29) is 5.71 Å². The van der Waals surface area contributed by atoms with Crippen LogP contribution in [0.1, 0.15) is 22.3 Å². The van der Waals surface area contributed by atoms with Gasteiger partial charge in [0.2, 0.25) is 0 Å². The third kappa shape index (κ3) is 3.40. The topological polar surface area (TPSA) is 65.6 Å². The Morgan fingerprint density at radius 1 is 1.24 bits per heavy atom. The number of ether oxygens (including phenoxy) is 1. The zero-order chi connectivity index (χ0) is 15.2. The number of rotatable bonds is 4. The minimum atomic E-state index is -0.0184. The molecule has 0 spiro atoms. The lowest BCUT2D eigenvalue weighted by Gasteiger charge is -2.12. The summed E-state index contributed by atoms with van der Waals surface area (Å²) < 4.78 is 5.84. The Kier molecular flexibility index (Phi) is 4.57. The summed E-state index contributed by atoms with van der Waals surface area (Å²) in [6.07, 6.45) is 0. The van der Waals surface area contributed by atoms with Crippen molar-refractivity contribution in [3.63, 3.8) is 0 Å². The molecule has 4 nitrogen and oxygen atoms in total. The average molecular weight is 280 g/mol. The van der Waals surface area contributed by atoms with E-state index in [0.29, 0.717) is 12.2 Å². The summed E-state index contributed by atoms with van der Waals surface area (Å²) in [7, 11) is 0. The number of hydrogen-bond donors (Lipinski definition) is 1. The van der Waals surface area contributed by atoms with Crippen LogP contribution in [0, 0.1) is 25.2 Å². The smallest absolute Gasteiger partial charge is 0.187 e. The van der Waals surface area contributed by atoms with Crippen molar-refractivity contribution >= 4 is 5.71 Å². The van der Waals surface area contributed by atoms with Crippen LogP contribution in [0.5, 0.6) is 5.75 Å². The molecule has 0 aliphatic heterocycles. The molecule has 2 aromatic rings. The summed E-state index contributed by atoms with van der Waals surface area (Å²) in [4.78, 5) is 0. The first-order chi connectivity index (χ1) is 10.2. The molecular formula is C17H16N2O2.